The quantitative estimate of drug-likeness (QED) is 0.0666. The van der Waals surface area contributed by atoms with E-state index in [0.29, 0.717) is 27.4 Å². The predicted molar refractivity (Wildman–Crippen MR) is 235 cm³/mol. The first-order valence-electron chi connectivity index (χ1n) is 20.3. The van der Waals surface area contributed by atoms with Crippen molar-refractivity contribution < 1.29 is 24.0 Å². The minimum Gasteiger partial charge on any atom is -0.386 e. The molecule has 8 rings (SSSR count). The summed E-state index contributed by atoms with van der Waals surface area (Å²) in [6.07, 6.45) is 11.7. The van der Waals surface area contributed by atoms with Crippen molar-refractivity contribution in [2.24, 2.45) is 14.6 Å². The van der Waals surface area contributed by atoms with E-state index in [9.17, 15) is 34.5 Å². The number of hydrogen-bond donors (Lipinski definition) is 6. The summed E-state index contributed by atoms with van der Waals surface area (Å²) in [5.74, 6) is 0.564. The third kappa shape index (κ3) is 8.56. The van der Waals surface area contributed by atoms with Crippen LogP contribution < -0.4 is 20.1 Å². The van der Waals surface area contributed by atoms with Crippen molar-refractivity contribution in [3.63, 3.8) is 0 Å². The van der Waals surface area contributed by atoms with Crippen LogP contribution in [-0.2, 0) is 70.5 Å². The third-order valence-electron chi connectivity index (χ3n) is 12.1. The summed E-state index contributed by atoms with van der Waals surface area (Å²) >= 11 is 2.39. The van der Waals surface area contributed by atoms with E-state index in [1.54, 1.807) is 50.7 Å². The van der Waals surface area contributed by atoms with Gasteiger partial charge in [0.25, 0.3) is 0 Å². The van der Waals surface area contributed by atoms with E-state index in [4.69, 9.17) is 9.97 Å². The van der Waals surface area contributed by atoms with Gasteiger partial charge in [0.05, 0.1) is 37.7 Å². The van der Waals surface area contributed by atoms with E-state index >= 15 is 0 Å². The van der Waals surface area contributed by atoms with E-state index in [1.165, 1.54) is 17.4 Å². The first-order chi connectivity index (χ1) is 29.0. The lowest BCUT2D eigenvalue weighted by molar-refractivity contribution is 0.0784. The molecule has 0 saturated carbocycles. The standard InChI is InChI=1S/C42H48N10O5S4/c1-22-9-11-28-35(22)48-32-15-23(14-30(32)38(28)50-40(54)52-61(57,46-21-44)34-17-26(19-59-34)42(4,5)56)13-24-10-12-29-36(24)47-31-8-6-7-27(31)37(29)49-39(53)51-60(45-20-43)33-16-25(18-58-33)41(2,3)55/h16-19,22-24,55-56H,6-15H2,1-5H3,(H2,45,47,49,51,53)(H2,46,48,50,52,54,57). The number of nitriles is 2. The van der Waals surface area contributed by atoms with Gasteiger partial charge in [-0.2, -0.15) is 10.5 Å². The molecular weight excluding hydrogens is 853 g/mol. The molecule has 4 aromatic rings. The highest BCUT2D eigenvalue weighted by Gasteiger charge is 2.38. The fraction of sp³-hybridized carbons (Fsp3) is 0.476. The summed E-state index contributed by atoms with van der Waals surface area (Å²) < 4.78 is 28.2. The SMILES string of the molecule is CC1CCc2c1nc1c(c2NC(=O)N=S(=O)(NC#N)c2cc(C(C)(C)O)cs2)CC(CC2CCc3c2nc2c(c3NC(=O)N=S(NC#N)c3cc(C(C)(C)O)cs3)CCC2)C1. The van der Waals surface area contributed by atoms with Crippen LogP contribution in [0.5, 0.6) is 0 Å². The first kappa shape index (κ1) is 42.9. The number of thiophene rings is 2. The summed E-state index contributed by atoms with van der Waals surface area (Å²) in [6.45, 7) is 8.69. The molecular formula is C42H48N10O5S4. The number of carbonyl (C=O) groups is 2. The Labute approximate surface area is 366 Å². The predicted octanol–water partition coefficient (Wildman–Crippen LogP) is 7.85. The Bertz CT molecular complexity index is 2710. The summed E-state index contributed by atoms with van der Waals surface area (Å²) in [7, 11) is -4.92. The first-order valence-corrected chi connectivity index (χ1v) is 24.8. The second kappa shape index (κ2) is 16.5. The summed E-state index contributed by atoms with van der Waals surface area (Å²) in [5, 5.41) is 49.5. The zero-order valence-corrected chi connectivity index (χ0v) is 37.8. The second-order valence-corrected chi connectivity index (χ2v) is 22.9. The summed E-state index contributed by atoms with van der Waals surface area (Å²) in [6, 6.07) is 1.89. The minimum absolute atomic E-state index is 0.147. The molecule has 4 heterocycles. The van der Waals surface area contributed by atoms with Crippen molar-refractivity contribution in [2.75, 3.05) is 10.6 Å². The van der Waals surface area contributed by atoms with Crippen LogP contribution in [0.25, 0.3) is 0 Å². The van der Waals surface area contributed by atoms with Gasteiger partial charge in [0, 0.05) is 28.7 Å². The zero-order chi connectivity index (χ0) is 43.4. The number of rotatable bonds is 10. The van der Waals surface area contributed by atoms with Gasteiger partial charge in [-0.1, -0.05) is 6.92 Å². The Morgan fingerprint density at radius 1 is 0.869 bits per heavy atom. The maximum absolute atomic E-state index is 14.0. The van der Waals surface area contributed by atoms with E-state index in [2.05, 4.69) is 35.7 Å². The van der Waals surface area contributed by atoms with Crippen LogP contribution in [0.3, 0.4) is 0 Å². The lowest BCUT2D eigenvalue weighted by atomic mass is 9.90. The van der Waals surface area contributed by atoms with E-state index in [0.717, 1.165) is 120 Å². The lowest BCUT2D eigenvalue weighted by Gasteiger charge is -2.19. The summed E-state index contributed by atoms with van der Waals surface area (Å²) in [5.41, 5.74) is 8.26. The largest absolute Gasteiger partial charge is 0.386 e. The van der Waals surface area contributed by atoms with Gasteiger partial charge >= 0.3 is 12.1 Å². The number of aliphatic hydroxyl groups is 2. The van der Waals surface area contributed by atoms with Crippen LogP contribution >= 0.6 is 22.7 Å². The van der Waals surface area contributed by atoms with Crippen LogP contribution in [0.2, 0.25) is 0 Å². The number of hydrogen-bond acceptors (Lipinski definition) is 11. The Hall–Kier alpha value is -4.76. The molecule has 0 saturated heterocycles. The molecule has 0 bridgehead atoms. The molecule has 5 unspecified atom stereocenters. The third-order valence-corrected chi connectivity index (χ3v) is 17.9. The Morgan fingerprint density at radius 2 is 1.54 bits per heavy atom. The van der Waals surface area contributed by atoms with Crippen LogP contribution in [0.1, 0.15) is 128 Å². The maximum atomic E-state index is 14.0. The number of aromatic nitrogens is 2. The highest BCUT2D eigenvalue weighted by atomic mass is 32.2. The lowest BCUT2D eigenvalue weighted by Crippen LogP contribution is -2.22. The number of carbonyl (C=O) groups excluding carboxylic acids is 2. The van der Waals surface area contributed by atoms with Crippen molar-refractivity contribution in [2.45, 2.75) is 130 Å². The fourth-order valence-electron chi connectivity index (χ4n) is 9.03. The fourth-order valence-corrected chi connectivity index (χ4v) is 14.0. The second-order valence-electron chi connectivity index (χ2n) is 17.3. The molecule has 4 aliphatic rings. The average Bonchev–Trinajstić information content (AvgIpc) is 4.04. The topological polar surface area (TPSA) is 238 Å². The van der Waals surface area contributed by atoms with Gasteiger partial charge in [-0.3, -0.25) is 14.7 Å². The number of nitrogens with zero attached hydrogens (tertiary/aromatic N) is 6. The molecule has 0 fully saturated rings. The molecule has 15 nitrogen and oxygen atoms in total. The molecule has 61 heavy (non-hydrogen) atoms. The Balaban J connectivity index is 1.04. The highest BCUT2D eigenvalue weighted by molar-refractivity contribution is 7.94. The van der Waals surface area contributed by atoms with Crippen LogP contribution in [0.4, 0.5) is 21.0 Å². The normalized spacial score (nSPS) is 20.4. The van der Waals surface area contributed by atoms with E-state index < -0.39 is 44.1 Å². The summed E-state index contributed by atoms with van der Waals surface area (Å²) in [4.78, 5) is 37.7. The van der Waals surface area contributed by atoms with E-state index in [1.807, 2.05) is 6.19 Å². The minimum atomic E-state index is -3.68. The van der Waals surface area contributed by atoms with Gasteiger partial charge in [-0.25, -0.2) is 18.5 Å². The van der Waals surface area contributed by atoms with Crippen molar-refractivity contribution in [1.82, 2.24) is 19.4 Å². The number of nitrogens with one attached hydrogen (secondary N) is 4. The number of amides is 4. The van der Waals surface area contributed by atoms with E-state index in [-0.39, 0.29) is 22.0 Å². The number of fused-ring (bicyclic) bond motifs is 4. The molecule has 0 spiro atoms. The molecule has 320 valence electrons. The molecule has 0 radical (unpaired) electrons. The van der Waals surface area contributed by atoms with Gasteiger partial charge < -0.3 is 20.8 Å². The van der Waals surface area contributed by atoms with Crippen molar-refractivity contribution >= 4 is 66.9 Å². The monoisotopic (exact) mass is 900 g/mol. The van der Waals surface area contributed by atoms with Crippen molar-refractivity contribution in [1.29, 1.82) is 10.5 Å². The molecule has 6 N–H and O–H groups in total. The van der Waals surface area contributed by atoms with Crippen LogP contribution in [-0.4, -0.2) is 36.5 Å². The van der Waals surface area contributed by atoms with Crippen molar-refractivity contribution in [3.05, 3.63) is 79.0 Å². The number of pyridine rings is 2. The smallest absolute Gasteiger partial charge is 0.355 e. The molecule has 0 aliphatic heterocycles. The maximum Gasteiger partial charge on any atom is 0.355 e. The van der Waals surface area contributed by atoms with Gasteiger partial charge in [-0.15, -0.1) is 31.4 Å². The number of urea groups is 2. The molecule has 19 heteroatoms. The Kier molecular flexibility index (Phi) is 11.6. The number of aryl methyl sites for hydroxylation is 1. The molecule has 4 amide bonds. The molecule has 0 aromatic carbocycles. The molecule has 4 aliphatic carbocycles. The van der Waals surface area contributed by atoms with Gasteiger partial charge in [0.2, 0.25) is 0 Å². The zero-order valence-electron chi connectivity index (χ0n) is 34.5. The van der Waals surface area contributed by atoms with Gasteiger partial charge in [0.1, 0.15) is 4.21 Å². The molecule has 5 atom stereocenters. The molecule has 4 aromatic heterocycles. The van der Waals surface area contributed by atoms with Crippen LogP contribution in [0.15, 0.2) is 40.0 Å². The van der Waals surface area contributed by atoms with Gasteiger partial charge in [-0.05, 0) is 160 Å². The van der Waals surface area contributed by atoms with Crippen molar-refractivity contribution in [3.8, 4) is 12.4 Å². The number of anilines is 2. The average molecular weight is 901 g/mol. The van der Waals surface area contributed by atoms with Gasteiger partial charge in [0.15, 0.2) is 22.3 Å². The highest BCUT2D eigenvalue weighted by Crippen LogP contribution is 2.48. The Morgan fingerprint density at radius 3 is 2.25 bits per heavy atom. The van der Waals surface area contributed by atoms with Crippen LogP contribution in [0, 0.1) is 28.8 Å².